The lowest BCUT2D eigenvalue weighted by Gasteiger charge is -2.30. The van der Waals surface area contributed by atoms with Crippen LogP contribution < -0.4 is 0 Å². The zero-order valence-corrected chi connectivity index (χ0v) is 11.3. The highest BCUT2D eigenvalue weighted by atomic mass is 79.9. The van der Waals surface area contributed by atoms with E-state index in [1.807, 2.05) is 16.3 Å². The van der Waals surface area contributed by atoms with Crippen molar-refractivity contribution < 1.29 is 9.90 Å². The van der Waals surface area contributed by atoms with Crippen LogP contribution in [0.15, 0.2) is 15.2 Å². The smallest absolute Gasteiger partial charge is 0.254 e. The number of rotatable bonds is 2. The number of carbonyl (C=O) groups is 1. The third kappa shape index (κ3) is 2.64. The first-order valence-corrected chi connectivity index (χ1v) is 7.02. The summed E-state index contributed by atoms with van der Waals surface area (Å²) < 4.78 is 0.987. The molecule has 1 amide bonds. The van der Waals surface area contributed by atoms with Gasteiger partial charge < -0.3 is 10.0 Å². The summed E-state index contributed by atoms with van der Waals surface area (Å²) in [7, 11) is 0. The van der Waals surface area contributed by atoms with Crippen molar-refractivity contribution in [1.82, 2.24) is 4.90 Å². The number of hydrogen-bond donors (Lipinski definition) is 1. The summed E-state index contributed by atoms with van der Waals surface area (Å²) in [6, 6.07) is 1.87. The minimum atomic E-state index is 0.110. The van der Waals surface area contributed by atoms with Gasteiger partial charge in [-0.2, -0.15) is 0 Å². The van der Waals surface area contributed by atoms with Crippen LogP contribution in [0.2, 0.25) is 0 Å². The molecule has 0 atom stereocenters. The Morgan fingerprint density at radius 1 is 1.56 bits per heavy atom. The number of carbonyl (C=O) groups excluding carboxylic acids is 1. The third-order valence-electron chi connectivity index (χ3n) is 2.97. The zero-order chi connectivity index (χ0) is 11.5. The zero-order valence-electron chi connectivity index (χ0n) is 8.86. The fourth-order valence-corrected chi connectivity index (χ4v) is 3.05. The molecule has 2 heterocycles. The number of piperidine rings is 1. The first-order valence-electron chi connectivity index (χ1n) is 5.35. The van der Waals surface area contributed by atoms with Gasteiger partial charge in [0.05, 0.1) is 9.35 Å². The maximum Gasteiger partial charge on any atom is 0.254 e. The van der Waals surface area contributed by atoms with Crippen LogP contribution in [0, 0.1) is 5.92 Å². The van der Waals surface area contributed by atoms with Gasteiger partial charge in [-0.25, -0.2) is 0 Å². The average molecular weight is 304 g/mol. The minimum absolute atomic E-state index is 0.110. The summed E-state index contributed by atoms with van der Waals surface area (Å²) in [5, 5.41) is 10.9. The molecule has 2 rings (SSSR count). The van der Waals surface area contributed by atoms with Gasteiger partial charge in [0.2, 0.25) is 0 Å². The molecular weight excluding hydrogens is 290 g/mol. The van der Waals surface area contributed by atoms with Gasteiger partial charge in [-0.15, -0.1) is 11.3 Å². The Labute approximate surface area is 107 Å². The fourth-order valence-electron chi connectivity index (χ4n) is 1.92. The number of hydrogen-bond acceptors (Lipinski definition) is 3. The van der Waals surface area contributed by atoms with Gasteiger partial charge in [0.1, 0.15) is 0 Å². The highest BCUT2D eigenvalue weighted by Gasteiger charge is 2.23. The van der Waals surface area contributed by atoms with E-state index in [0.29, 0.717) is 5.92 Å². The largest absolute Gasteiger partial charge is 0.396 e. The number of thiophene rings is 1. The van der Waals surface area contributed by atoms with Crippen molar-refractivity contribution in [3.8, 4) is 0 Å². The van der Waals surface area contributed by atoms with Crippen LogP contribution in [-0.2, 0) is 0 Å². The lowest BCUT2D eigenvalue weighted by molar-refractivity contribution is 0.0651. The van der Waals surface area contributed by atoms with E-state index < -0.39 is 0 Å². The molecule has 1 N–H and O–H groups in total. The molecule has 1 aromatic rings. The fraction of sp³-hybridized carbons (Fsp3) is 0.545. The molecule has 88 valence electrons. The van der Waals surface area contributed by atoms with Gasteiger partial charge in [0.15, 0.2) is 0 Å². The van der Waals surface area contributed by atoms with Gasteiger partial charge in [0, 0.05) is 25.1 Å². The van der Waals surface area contributed by atoms with E-state index in [4.69, 9.17) is 5.11 Å². The molecular formula is C11H14BrNO2S. The van der Waals surface area contributed by atoms with Crippen molar-refractivity contribution in [1.29, 1.82) is 0 Å². The number of likely N-dealkylation sites (tertiary alicyclic amines) is 1. The van der Waals surface area contributed by atoms with Gasteiger partial charge >= 0.3 is 0 Å². The van der Waals surface area contributed by atoms with E-state index in [1.165, 1.54) is 11.3 Å². The first-order chi connectivity index (χ1) is 7.70. The lowest BCUT2D eigenvalue weighted by Crippen LogP contribution is -2.39. The van der Waals surface area contributed by atoms with E-state index in [-0.39, 0.29) is 12.5 Å². The highest BCUT2D eigenvalue weighted by Crippen LogP contribution is 2.24. The number of halogens is 1. The molecule has 1 saturated heterocycles. The predicted molar refractivity (Wildman–Crippen MR) is 67.7 cm³/mol. The minimum Gasteiger partial charge on any atom is -0.396 e. The van der Waals surface area contributed by atoms with E-state index in [0.717, 1.165) is 35.3 Å². The molecule has 1 aliphatic heterocycles. The summed E-state index contributed by atoms with van der Waals surface area (Å²) in [4.78, 5) is 13.9. The van der Waals surface area contributed by atoms with Gasteiger partial charge in [-0.05, 0) is 40.8 Å². The molecule has 0 bridgehead atoms. The van der Waals surface area contributed by atoms with Crippen molar-refractivity contribution in [3.63, 3.8) is 0 Å². The second-order valence-corrected chi connectivity index (χ2v) is 6.35. The summed E-state index contributed by atoms with van der Waals surface area (Å²) in [5.74, 6) is 0.483. The first kappa shape index (κ1) is 12.1. The summed E-state index contributed by atoms with van der Waals surface area (Å²) in [5.41, 5.74) is 0.763. The number of aliphatic hydroxyl groups excluding tert-OH is 1. The Morgan fingerprint density at radius 3 is 2.75 bits per heavy atom. The molecule has 1 fully saturated rings. The summed E-state index contributed by atoms with van der Waals surface area (Å²) in [6.45, 7) is 1.76. The normalized spacial score (nSPS) is 17.8. The number of amides is 1. The Hall–Kier alpha value is -0.390. The van der Waals surface area contributed by atoms with Gasteiger partial charge in [-0.3, -0.25) is 4.79 Å². The topological polar surface area (TPSA) is 40.5 Å². The van der Waals surface area contributed by atoms with Crippen molar-refractivity contribution in [2.75, 3.05) is 19.7 Å². The molecule has 0 saturated carbocycles. The maximum absolute atomic E-state index is 12.1. The van der Waals surface area contributed by atoms with E-state index in [9.17, 15) is 4.79 Å². The van der Waals surface area contributed by atoms with Crippen LogP contribution in [0.1, 0.15) is 23.2 Å². The quantitative estimate of drug-likeness (QED) is 0.911. The van der Waals surface area contributed by atoms with Crippen molar-refractivity contribution in [2.45, 2.75) is 12.8 Å². The molecule has 0 aliphatic carbocycles. The standard InChI is InChI=1S/C11H14BrNO2S/c12-10-5-9(7-16-10)11(15)13-3-1-8(6-14)2-4-13/h5,7-8,14H,1-4,6H2. The maximum atomic E-state index is 12.1. The third-order valence-corrected chi connectivity index (χ3v) is 4.48. The van der Waals surface area contributed by atoms with Crippen LogP contribution in [0.25, 0.3) is 0 Å². The molecule has 0 unspecified atom stereocenters. The van der Waals surface area contributed by atoms with Gasteiger partial charge in [0.25, 0.3) is 5.91 Å². The molecule has 1 aromatic heterocycles. The van der Waals surface area contributed by atoms with Crippen molar-refractivity contribution >= 4 is 33.2 Å². The Balaban J connectivity index is 1.96. The van der Waals surface area contributed by atoms with Crippen molar-refractivity contribution in [3.05, 3.63) is 20.8 Å². The second-order valence-electron chi connectivity index (χ2n) is 4.06. The van der Waals surface area contributed by atoms with Crippen LogP contribution >= 0.6 is 27.3 Å². The van der Waals surface area contributed by atoms with Crippen molar-refractivity contribution in [2.24, 2.45) is 5.92 Å². The Morgan fingerprint density at radius 2 is 2.25 bits per heavy atom. The summed E-state index contributed by atoms with van der Waals surface area (Å²) in [6.07, 6.45) is 1.82. The van der Waals surface area contributed by atoms with Gasteiger partial charge in [-0.1, -0.05) is 0 Å². The molecule has 5 heteroatoms. The van der Waals surface area contributed by atoms with Crippen LogP contribution in [0.3, 0.4) is 0 Å². The van der Waals surface area contributed by atoms with Crippen LogP contribution in [-0.4, -0.2) is 35.6 Å². The summed E-state index contributed by atoms with van der Waals surface area (Å²) >= 11 is 4.89. The molecule has 3 nitrogen and oxygen atoms in total. The second kappa shape index (κ2) is 5.29. The number of nitrogens with zero attached hydrogens (tertiary/aromatic N) is 1. The Bertz CT molecular complexity index is 372. The monoisotopic (exact) mass is 303 g/mol. The average Bonchev–Trinajstić information content (AvgIpc) is 2.75. The lowest BCUT2D eigenvalue weighted by atomic mass is 9.97. The van der Waals surface area contributed by atoms with E-state index >= 15 is 0 Å². The van der Waals surface area contributed by atoms with E-state index in [2.05, 4.69) is 15.9 Å². The molecule has 0 spiro atoms. The van der Waals surface area contributed by atoms with Crippen LogP contribution in [0.5, 0.6) is 0 Å². The SMILES string of the molecule is O=C(c1csc(Br)c1)N1CCC(CO)CC1. The highest BCUT2D eigenvalue weighted by molar-refractivity contribution is 9.11. The Kier molecular flexibility index (Phi) is 4.00. The van der Waals surface area contributed by atoms with E-state index in [1.54, 1.807) is 0 Å². The predicted octanol–water partition coefficient (Wildman–Crippen LogP) is 2.36. The van der Waals surface area contributed by atoms with Crippen LogP contribution in [0.4, 0.5) is 0 Å². The molecule has 0 aromatic carbocycles. The number of aliphatic hydroxyl groups is 1. The molecule has 16 heavy (non-hydrogen) atoms. The molecule has 1 aliphatic rings. The molecule has 0 radical (unpaired) electrons.